The molecule has 1 N–H and O–H groups in total. The van der Waals surface area contributed by atoms with Gasteiger partial charge in [-0.15, -0.1) is 11.3 Å². The highest BCUT2D eigenvalue weighted by Gasteiger charge is 2.13. The minimum absolute atomic E-state index is 0.0922. The number of aliphatic imine (C=N–C) groups is 1. The summed E-state index contributed by atoms with van der Waals surface area (Å²) >= 11 is 1.63. The fourth-order valence-corrected chi connectivity index (χ4v) is 4.37. The van der Waals surface area contributed by atoms with E-state index < -0.39 is 9.84 Å². The predicted octanol–water partition coefficient (Wildman–Crippen LogP) is 2.71. The zero-order valence-corrected chi connectivity index (χ0v) is 17.1. The highest BCUT2D eigenvalue weighted by molar-refractivity contribution is 7.91. The molecule has 0 saturated carbocycles. The Hall–Kier alpha value is -1.93. The summed E-state index contributed by atoms with van der Waals surface area (Å²) in [4.78, 5) is 11.4. The molecule has 0 bridgehead atoms. The Morgan fingerprint density at radius 2 is 2.04 bits per heavy atom. The van der Waals surface area contributed by atoms with Crippen molar-refractivity contribution in [1.82, 2.24) is 15.2 Å². The second-order valence-electron chi connectivity index (χ2n) is 5.94. The minimum atomic E-state index is -3.25. The fourth-order valence-electron chi connectivity index (χ4n) is 2.45. The van der Waals surface area contributed by atoms with Gasteiger partial charge in [0.15, 0.2) is 15.8 Å². The second-order valence-corrected chi connectivity index (χ2v) is 9.11. The number of hydrogen-bond acceptors (Lipinski definition) is 5. The van der Waals surface area contributed by atoms with Gasteiger partial charge in [-0.2, -0.15) is 0 Å². The predicted molar refractivity (Wildman–Crippen MR) is 107 cm³/mol. The second kappa shape index (κ2) is 9.68. The van der Waals surface area contributed by atoms with Crippen molar-refractivity contribution in [1.29, 1.82) is 0 Å². The van der Waals surface area contributed by atoms with Gasteiger partial charge in [0.2, 0.25) is 0 Å². The number of sulfone groups is 1. The molecular weight excluding hydrogens is 368 g/mol. The maximum atomic E-state index is 12.3. The molecule has 8 heteroatoms. The van der Waals surface area contributed by atoms with Crippen molar-refractivity contribution >= 4 is 27.1 Å². The first-order valence-electron chi connectivity index (χ1n) is 8.60. The number of nitrogens with zero attached hydrogens (tertiary/aromatic N) is 3. The zero-order valence-electron chi connectivity index (χ0n) is 15.5. The number of hydrogen-bond donors (Lipinski definition) is 1. The lowest BCUT2D eigenvalue weighted by Gasteiger charge is -2.21. The summed E-state index contributed by atoms with van der Waals surface area (Å²) in [5.74, 6) is 0.852. The molecule has 0 radical (unpaired) electrons. The molecular formula is C18H26N4O2S2. The van der Waals surface area contributed by atoms with Crippen LogP contribution in [0.5, 0.6) is 0 Å². The van der Waals surface area contributed by atoms with Gasteiger partial charge in [0.1, 0.15) is 0 Å². The molecule has 0 spiro atoms. The van der Waals surface area contributed by atoms with Crippen LogP contribution in [0, 0.1) is 6.92 Å². The molecule has 1 heterocycles. The Morgan fingerprint density at radius 1 is 1.31 bits per heavy atom. The van der Waals surface area contributed by atoms with Gasteiger partial charge < -0.3 is 10.2 Å². The third-order valence-electron chi connectivity index (χ3n) is 3.70. The summed E-state index contributed by atoms with van der Waals surface area (Å²) in [6, 6.07) is 8.55. The Labute approximate surface area is 159 Å². The van der Waals surface area contributed by atoms with Gasteiger partial charge in [-0.3, -0.25) is 4.99 Å². The molecule has 0 amide bonds. The number of benzene rings is 1. The van der Waals surface area contributed by atoms with Gasteiger partial charge in [0, 0.05) is 25.5 Å². The van der Waals surface area contributed by atoms with E-state index in [0.717, 1.165) is 23.2 Å². The third kappa shape index (κ3) is 6.10. The van der Waals surface area contributed by atoms with Crippen molar-refractivity contribution in [3.63, 3.8) is 0 Å². The van der Waals surface area contributed by atoms with Gasteiger partial charge in [-0.05, 0) is 32.4 Å². The standard InChI is InChI=1S/C18H26N4O2S2/c1-4-19-18(22(3)13-16-14-25-15(2)21-16)20-11-8-12-26(23,24)17-9-6-5-7-10-17/h5-7,9-10,14H,4,8,11-13H2,1-3H3,(H,19,20). The van der Waals surface area contributed by atoms with E-state index in [0.29, 0.717) is 24.4 Å². The molecule has 1 aromatic carbocycles. The van der Waals surface area contributed by atoms with Crippen LogP contribution in [0.25, 0.3) is 0 Å². The first-order valence-corrected chi connectivity index (χ1v) is 11.1. The van der Waals surface area contributed by atoms with Gasteiger partial charge in [0.25, 0.3) is 0 Å². The van der Waals surface area contributed by atoms with E-state index in [9.17, 15) is 8.42 Å². The molecule has 0 fully saturated rings. The zero-order chi connectivity index (χ0) is 19.0. The number of thiazole rings is 1. The number of nitrogens with one attached hydrogen (secondary N) is 1. The van der Waals surface area contributed by atoms with E-state index in [4.69, 9.17) is 0 Å². The number of guanidine groups is 1. The average molecular weight is 395 g/mol. The van der Waals surface area contributed by atoms with Crippen molar-refractivity contribution in [3.05, 3.63) is 46.4 Å². The van der Waals surface area contributed by atoms with Crippen molar-refractivity contribution in [2.45, 2.75) is 31.7 Å². The number of aromatic nitrogens is 1. The Bertz CT molecular complexity index is 817. The summed E-state index contributed by atoms with van der Waals surface area (Å²) in [5, 5.41) is 6.33. The van der Waals surface area contributed by atoms with E-state index in [1.54, 1.807) is 35.6 Å². The SMILES string of the molecule is CCNC(=NCCCS(=O)(=O)c1ccccc1)N(C)Cc1csc(C)n1. The van der Waals surface area contributed by atoms with Crippen LogP contribution in [-0.4, -0.2) is 50.2 Å². The topological polar surface area (TPSA) is 74.7 Å². The van der Waals surface area contributed by atoms with Crippen LogP contribution in [0.1, 0.15) is 24.0 Å². The van der Waals surface area contributed by atoms with Crippen LogP contribution in [0.15, 0.2) is 45.6 Å². The molecule has 1 aromatic heterocycles. The first-order chi connectivity index (χ1) is 12.4. The van der Waals surface area contributed by atoms with Crippen molar-refractivity contribution in [2.75, 3.05) is 25.9 Å². The van der Waals surface area contributed by atoms with Crippen LogP contribution in [-0.2, 0) is 16.4 Å². The molecule has 0 unspecified atom stereocenters. The quantitative estimate of drug-likeness (QED) is 0.423. The molecule has 0 atom stereocenters. The molecule has 0 aliphatic rings. The van der Waals surface area contributed by atoms with Crippen molar-refractivity contribution in [2.24, 2.45) is 4.99 Å². The van der Waals surface area contributed by atoms with Crippen LogP contribution in [0.3, 0.4) is 0 Å². The van der Waals surface area contributed by atoms with Crippen molar-refractivity contribution in [3.8, 4) is 0 Å². The van der Waals surface area contributed by atoms with E-state index in [1.807, 2.05) is 37.2 Å². The summed E-state index contributed by atoms with van der Waals surface area (Å²) in [7, 11) is -1.29. The lowest BCUT2D eigenvalue weighted by molar-refractivity contribution is 0.471. The average Bonchev–Trinajstić information content (AvgIpc) is 3.03. The Balaban J connectivity index is 1.92. The van der Waals surface area contributed by atoms with Crippen LogP contribution in [0.2, 0.25) is 0 Å². The maximum Gasteiger partial charge on any atom is 0.194 e. The monoisotopic (exact) mass is 394 g/mol. The lowest BCUT2D eigenvalue weighted by Crippen LogP contribution is -2.38. The fraction of sp³-hybridized carbons (Fsp3) is 0.444. The van der Waals surface area contributed by atoms with Gasteiger partial charge in [0.05, 0.1) is 27.9 Å². The van der Waals surface area contributed by atoms with E-state index in [2.05, 4.69) is 15.3 Å². The molecule has 142 valence electrons. The Morgan fingerprint density at radius 3 is 2.65 bits per heavy atom. The largest absolute Gasteiger partial charge is 0.357 e. The smallest absolute Gasteiger partial charge is 0.194 e. The Kier molecular flexibility index (Phi) is 7.59. The van der Waals surface area contributed by atoms with E-state index in [1.165, 1.54) is 0 Å². The third-order valence-corrected chi connectivity index (χ3v) is 6.34. The molecule has 0 aliphatic heterocycles. The van der Waals surface area contributed by atoms with Crippen LogP contribution < -0.4 is 5.32 Å². The highest BCUT2D eigenvalue weighted by atomic mass is 32.2. The van der Waals surface area contributed by atoms with E-state index in [-0.39, 0.29) is 5.75 Å². The van der Waals surface area contributed by atoms with Crippen LogP contribution >= 0.6 is 11.3 Å². The molecule has 0 saturated heterocycles. The highest BCUT2D eigenvalue weighted by Crippen LogP contribution is 2.12. The molecule has 2 aromatic rings. The molecule has 0 aliphatic carbocycles. The van der Waals surface area contributed by atoms with Crippen molar-refractivity contribution < 1.29 is 8.42 Å². The molecule has 6 nitrogen and oxygen atoms in total. The minimum Gasteiger partial charge on any atom is -0.357 e. The lowest BCUT2D eigenvalue weighted by atomic mass is 10.4. The van der Waals surface area contributed by atoms with Gasteiger partial charge in [-0.1, -0.05) is 18.2 Å². The summed E-state index contributed by atoms with van der Waals surface area (Å²) in [5.41, 5.74) is 1.01. The molecule has 2 rings (SSSR count). The maximum absolute atomic E-state index is 12.3. The normalized spacial score (nSPS) is 12.2. The summed E-state index contributed by atoms with van der Waals surface area (Å²) in [6.45, 7) is 5.87. The molecule has 26 heavy (non-hydrogen) atoms. The number of aryl methyl sites for hydroxylation is 1. The summed E-state index contributed by atoms with van der Waals surface area (Å²) in [6.07, 6.45) is 0.482. The van der Waals surface area contributed by atoms with Gasteiger partial charge >= 0.3 is 0 Å². The van der Waals surface area contributed by atoms with Gasteiger partial charge in [-0.25, -0.2) is 13.4 Å². The number of rotatable bonds is 8. The van der Waals surface area contributed by atoms with E-state index >= 15 is 0 Å². The summed E-state index contributed by atoms with van der Waals surface area (Å²) < 4.78 is 24.6. The van der Waals surface area contributed by atoms with Crippen LogP contribution in [0.4, 0.5) is 0 Å². The first kappa shape index (κ1) is 20.4.